The summed E-state index contributed by atoms with van der Waals surface area (Å²) in [5.74, 6) is -0.556. The summed E-state index contributed by atoms with van der Waals surface area (Å²) in [6.07, 6.45) is 2.22. The van der Waals surface area contributed by atoms with E-state index in [0.717, 1.165) is 35.0 Å². The molecule has 0 spiro atoms. The van der Waals surface area contributed by atoms with Crippen LogP contribution in [-0.2, 0) is 26.0 Å². The maximum Gasteiger partial charge on any atom is 0.387 e. The van der Waals surface area contributed by atoms with Gasteiger partial charge in [-0.1, -0.05) is 30.3 Å². The van der Waals surface area contributed by atoms with Gasteiger partial charge in [-0.25, -0.2) is 18.1 Å². The maximum atomic E-state index is 12.9. The number of nitrogens with one attached hydrogen (secondary N) is 1. The molecule has 0 fully saturated rings. The predicted molar refractivity (Wildman–Crippen MR) is 144 cm³/mol. The standard InChI is InChI=1S/C25H23F2N3O4S.C2H3ClO/c1-15-12-24-28-16(2)22(13-19-6-4-5-7-23(19)34-25(26)27)30(24)14-21(15)18-8-10-20(11-9-18)35(32,33)29-17(3)31;1-2(3)4/h4-12,14,25H,13H2,1-3H3,(H,29,31);1H3. The van der Waals surface area contributed by atoms with Crippen molar-refractivity contribution in [2.24, 2.45) is 0 Å². The van der Waals surface area contributed by atoms with Gasteiger partial charge in [0.2, 0.25) is 11.1 Å². The third-order valence-corrected chi connectivity index (χ3v) is 7.02. The highest BCUT2D eigenvalue weighted by atomic mass is 35.5. The van der Waals surface area contributed by atoms with Crippen LogP contribution >= 0.6 is 11.6 Å². The van der Waals surface area contributed by atoms with Crippen LogP contribution in [0.5, 0.6) is 5.75 Å². The minimum absolute atomic E-state index is 0.0232. The van der Waals surface area contributed by atoms with Crippen LogP contribution in [0.4, 0.5) is 8.78 Å². The molecule has 4 rings (SSSR count). The summed E-state index contributed by atoms with van der Waals surface area (Å²) in [5.41, 5.74) is 5.42. The third-order valence-electron chi connectivity index (χ3n) is 5.57. The highest BCUT2D eigenvalue weighted by molar-refractivity contribution is 7.90. The average molecular weight is 578 g/mol. The van der Waals surface area contributed by atoms with Crippen molar-refractivity contribution in [3.63, 3.8) is 0 Å². The number of nitrogens with zero attached hydrogens (tertiary/aromatic N) is 2. The summed E-state index contributed by atoms with van der Waals surface area (Å²) >= 11 is 4.64. The van der Waals surface area contributed by atoms with E-state index >= 15 is 0 Å². The van der Waals surface area contributed by atoms with E-state index in [0.29, 0.717) is 17.6 Å². The van der Waals surface area contributed by atoms with Gasteiger partial charge in [0.15, 0.2) is 0 Å². The number of ether oxygens (including phenoxy) is 1. The summed E-state index contributed by atoms with van der Waals surface area (Å²) in [7, 11) is -3.93. The Morgan fingerprint density at radius 2 is 1.69 bits per heavy atom. The van der Waals surface area contributed by atoms with Crippen molar-refractivity contribution in [2.45, 2.75) is 45.6 Å². The zero-order valence-electron chi connectivity index (χ0n) is 21.5. The summed E-state index contributed by atoms with van der Waals surface area (Å²) in [6, 6.07) is 14.8. The van der Waals surface area contributed by atoms with Crippen LogP contribution in [0, 0.1) is 13.8 Å². The first kappa shape index (κ1) is 29.7. The van der Waals surface area contributed by atoms with Gasteiger partial charge in [-0.2, -0.15) is 8.78 Å². The van der Waals surface area contributed by atoms with E-state index in [9.17, 15) is 26.8 Å². The Kier molecular flexibility index (Phi) is 9.41. The van der Waals surface area contributed by atoms with E-state index in [1.54, 1.807) is 30.3 Å². The fourth-order valence-corrected chi connectivity index (χ4v) is 4.96. The minimum atomic E-state index is -3.93. The second-order valence-corrected chi connectivity index (χ2v) is 10.8. The number of carbonyl (C=O) groups excluding carboxylic acids is 2. The molecule has 0 saturated heterocycles. The number of aryl methyl sites for hydroxylation is 2. The van der Waals surface area contributed by atoms with Crippen LogP contribution in [0.2, 0.25) is 0 Å². The number of halogens is 3. The number of benzene rings is 2. The zero-order valence-corrected chi connectivity index (χ0v) is 23.1. The van der Waals surface area contributed by atoms with Crippen LogP contribution in [0.3, 0.4) is 0 Å². The van der Waals surface area contributed by atoms with Crippen molar-refractivity contribution < 1.29 is 31.5 Å². The monoisotopic (exact) mass is 577 g/mol. The smallest absolute Gasteiger partial charge is 0.387 e. The molecule has 1 amide bonds. The first-order valence-corrected chi connectivity index (χ1v) is 13.5. The summed E-state index contributed by atoms with van der Waals surface area (Å²) < 4.78 is 58.7. The van der Waals surface area contributed by atoms with Gasteiger partial charge in [-0.05, 0) is 60.8 Å². The van der Waals surface area contributed by atoms with Gasteiger partial charge in [-0.3, -0.25) is 9.59 Å². The number of alkyl halides is 2. The molecule has 0 aliphatic heterocycles. The molecule has 206 valence electrons. The Labute approximate surface area is 229 Å². The Balaban J connectivity index is 0.000000983. The van der Waals surface area contributed by atoms with Crippen molar-refractivity contribution in [1.82, 2.24) is 14.1 Å². The zero-order chi connectivity index (χ0) is 28.9. The number of fused-ring (bicyclic) bond motifs is 1. The molecule has 39 heavy (non-hydrogen) atoms. The number of carbonyl (C=O) groups is 2. The molecule has 4 aromatic rings. The highest BCUT2D eigenvalue weighted by Crippen LogP contribution is 2.29. The van der Waals surface area contributed by atoms with Crippen molar-refractivity contribution in [2.75, 3.05) is 0 Å². The first-order chi connectivity index (χ1) is 18.3. The number of pyridine rings is 1. The largest absolute Gasteiger partial charge is 0.435 e. The lowest BCUT2D eigenvalue weighted by molar-refractivity contribution is -0.117. The lowest BCUT2D eigenvalue weighted by atomic mass is 10.0. The summed E-state index contributed by atoms with van der Waals surface area (Å²) in [4.78, 5) is 25.0. The molecule has 0 aliphatic rings. The molecule has 12 heteroatoms. The van der Waals surface area contributed by atoms with E-state index in [1.807, 2.05) is 35.2 Å². The molecule has 0 aliphatic carbocycles. The lowest BCUT2D eigenvalue weighted by Gasteiger charge is -2.13. The predicted octanol–water partition coefficient (Wildman–Crippen LogP) is 5.41. The molecule has 0 radical (unpaired) electrons. The fourth-order valence-electron chi connectivity index (χ4n) is 3.97. The third kappa shape index (κ3) is 7.61. The molecule has 2 aromatic carbocycles. The topological polar surface area (TPSA) is 107 Å². The average Bonchev–Trinajstić information content (AvgIpc) is 3.12. The van der Waals surface area contributed by atoms with Gasteiger partial charge in [0.25, 0.3) is 10.0 Å². The van der Waals surface area contributed by atoms with Crippen LogP contribution in [0.15, 0.2) is 65.7 Å². The Bertz CT molecular complexity index is 1620. The second-order valence-electron chi connectivity index (χ2n) is 8.56. The van der Waals surface area contributed by atoms with E-state index < -0.39 is 22.5 Å². The number of sulfonamides is 1. The molecule has 8 nitrogen and oxygen atoms in total. The Morgan fingerprint density at radius 1 is 1.08 bits per heavy atom. The number of hydrogen-bond acceptors (Lipinski definition) is 6. The summed E-state index contributed by atoms with van der Waals surface area (Å²) in [5, 5.41) is -0.361. The minimum Gasteiger partial charge on any atom is -0.435 e. The number of imidazole rings is 1. The van der Waals surface area contributed by atoms with E-state index in [4.69, 9.17) is 0 Å². The molecule has 1 N–H and O–H groups in total. The van der Waals surface area contributed by atoms with Crippen LogP contribution < -0.4 is 9.46 Å². The van der Waals surface area contributed by atoms with E-state index in [-0.39, 0.29) is 15.9 Å². The van der Waals surface area contributed by atoms with Crippen LogP contribution in [-0.4, -0.2) is 35.6 Å². The highest BCUT2D eigenvalue weighted by Gasteiger charge is 2.18. The molecule has 0 saturated carbocycles. The van der Waals surface area contributed by atoms with Crippen molar-refractivity contribution in [3.05, 3.63) is 83.3 Å². The lowest BCUT2D eigenvalue weighted by Crippen LogP contribution is -2.28. The second kappa shape index (κ2) is 12.4. The van der Waals surface area contributed by atoms with Crippen molar-refractivity contribution in [1.29, 1.82) is 0 Å². The number of rotatable bonds is 7. The van der Waals surface area contributed by atoms with Gasteiger partial charge in [0.1, 0.15) is 11.4 Å². The van der Waals surface area contributed by atoms with Crippen LogP contribution in [0.1, 0.15) is 36.4 Å². The number of amides is 1. The quantitative estimate of drug-likeness (QED) is 0.295. The van der Waals surface area contributed by atoms with Gasteiger partial charge in [0.05, 0.1) is 10.6 Å². The molecule has 0 atom stereocenters. The molecule has 2 aromatic heterocycles. The van der Waals surface area contributed by atoms with Crippen LogP contribution in [0.25, 0.3) is 16.8 Å². The van der Waals surface area contributed by atoms with E-state index in [2.05, 4.69) is 21.3 Å². The Morgan fingerprint density at radius 3 is 2.28 bits per heavy atom. The van der Waals surface area contributed by atoms with Crippen molar-refractivity contribution in [3.8, 4) is 16.9 Å². The number of aromatic nitrogens is 2. The molecular formula is C27H26ClF2N3O5S. The first-order valence-electron chi connectivity index (χ1n) is 11.6. The maximum absolute atomic E-state index is 12.9. The number of hydrogen-bond donors (Lipinski definition) is 1. The number of para-hydroxylation sites is 1. The van der Waals surface area contributed by atoms with Gasteiger partial charge < -0.3 is 9.14 Å². The normalized spacial score (nSPS) is 11.2. The Hall–Kier alpha value is -3.83. The van der Waals surface area contributed by atoms with E-state index in [1.165, 1.54) is 25.1 Å². The SMILES string of the molecule is CC(=O)Cl.CC(=O)NS(=O)(=O)c1ccc(-c2cn3c(Cc4ccccc4OC(F)F)c(C)nc3cc2C)cc1. The van der Waals surface area contributed by atoms with Gasteiger partial charge in [-0.15, -0.1) is 0 Å². The summed E-state index contributed by atoms with van der Waals surface area (Å²) in [6.45, 7) is 3.28. The molecular weight excluding hydrogens is 552 g/mol. The van der Waals surface area contributed by atoms with Gasteiger partial charge >= 0.3 is 6.61 Å². The molecule has 0 unspecified atom stereocenters. The molecule has 0 bridgehead atoms. The molecule has 2 heterocycles. The fraction of sp³-hybridized carbons (Fsp3) is 0.222. The van der Waals surface area contributed by atoms with Crippen molar-refractivity contribution >= 4 is 38.4 Å². The van der Waals surface area contributed by atoms with Gasteiger partial charge in [0, 0.05) is 43.3 Å².